The van der Waals surface area contributed by atoms with Gasteiger partial charge in [0.1, 0.15) is 0 Å². The van der Waals surface area contributed by atoms with Crippen molar-refractivity contribution in [1.82, 2.24) is 4.90 Å². The van der Waals surface area contributed by atoms with E-state index in [9.17, 15) is 0 Å². The molecule has 1 saturated heterocycles. The van der Waals surface area contributed by atoms with E-state index in [-0.39, 0.29) is 0 Å². The lowest BCUT2D eigenvalue weighted by Gasteiger charge is -2.30. The lowest BCUT2D eigenvalue weighted by Crippen LogP contribution is -2.36. The number of halogens is 1. The number of hydrogen-bond donors (Lipinski definition) is 1. The minimum atomic E-state index is 0.520. The van der Waals surface area contributed by atoms with Crippen LogP contribution in [0.4, 0.5) is 5.69 Å². The number of nitrogens with one attached hydrogen (secondary N) is 1. The van der Waals surface area contributed by atoms with Crippen LogP contribution in [0.25, 0.3) is 0 Å². The summed E-state index contributed by atoms with van der Waals surface area (Å²) < 4.78 is 0.951. The molecule has 0 spiro atoms. The highest BCUT2D eigenvalue weighted by molar-refractivity contribution is 9.10. The van der Waals surface area contributed by atoms with E-state index in [1.165, 1.54) is 0 Å². The van der Waals surface area contributed by atoms with E-state index in [0.29, 0.717) is 11.6 Å². The highest BCUT2D eigenvalue weighted by Gasteiger charge is 2.16. The maximum atomic E-state index is 8.92. The van der Waals surface area contributed by atoms with Crippen LogP contribution < -0.4 is 5.32 Å². The van der Waals surface area contributed by atoms with E-state index in [1.54, 1.807) is 0 Å². The Morgan fingerprint density at radius 1 is 1.35 bits per heavy atom. The summed E-state index contributed by atoms with van der Waals surface area (Å²) in [4.78, 5) is 2.35. The Kier molecular flexibility index (Phi) is 4.03. The van der Waals surface area contributed by atoms with Gasteiger partial charge < -0.3 is 10.2 Å². The zero-order valence-corrected chi connectivity index (χ0v) is 11.5. The Labute approximate surface area is 111 Å². The number of likely N-dealkylation sites (tertiary alicyclic amines) is 1. The molecular formula is C13H16BrN3. The molecule has 0 unspecified atom stereocenters. The maximum absolute atomic E-state index is 8.92. The van der Waals surface area contributed by atoms with Crippen LogP contribution in [-0.2, 0) is 0 Å². The molecule has 2 rings (SSSR count). The minimum Gasteiger partial charge on any atom is -0.382 e. The average molecular weight is 294 g/mol. The first-order chi connectivity index (χ1) is 8.17. The fourth-order valence-corrected chi connectivity index (χ4v) is 2.62. The quantitative estimate of drug-likeness (QED) is 0.911. The third-order valence-corrected chi connectivity index (χ3v) is 3.57. The summed E-state index contributed by atoms with van der Waals surface area (Å²) in [5.41, 5.74) is 1.72. The van der Waals surface area contributed by atoms with Crippen molar-refractivity contribution < 1.29 is 0 Å². The summed E-state index contributed by atoms with van der Waals surface area (Å²) in [6.45, 7) is 2.27. The fourth-order valence-electron chi connectivity index (χ4n) is 2.13. The second-order valence-corrected chi connectivity index (χ2v) is 5.48. The van der Waals surface area contributed by atoms with Gasteiger partial charge in [-0.25, -0.2) is 0 Å². The van der Waals surface area contributed by atoms with E-state index in [4.69, 9.17) is 5.26 Å². The van der Waals surface area contributed by atoms with Gasteiger partial charge in [0.05, 0.1) is 11.6 Å². The molecule has 0 aliphatic carbocycles. The minimum absolute atomic E-state index is 0.520. The molecule has 0 amide bonds. The van der Waals surface area contributed by atoms with Crippen molar-refractivity contribution in [3.05, 3.63) is 28.2 Å². The van der Waals surface area contributed by atoms with E-state index in [2.05, 4.69) is 39.3 Å². The van der Waals surface area contributed by atoms with Crippen molar-refractivity contribution in [3.8, 4) is 6.07 Å². The number of hydrogen-bond acceptors (Lipinski definition) is 3. The van der Waals surface area contributed by atoms with Gasteiger partial charge in [0.25, 0.3) is 0 Å². The zero-order valence-electron chi connectivity index (χ0n) is 9.91. The largest absolute Gasteiger partial charge is 0.382 e. The third kappa shape index (κ3) is 3.45. The number of nitrogens with zero attached hydrogens (tertiary/aromatic N) is 2. The van der Waals surface area contributed by atoms with Gasteiger partial charge >= 0.3 is 0 Å². The molecule has 1 fully saturated rings. The van der Waals surface area contributed by atoms with Crippen LogP contribution in [0.5, 0.6) is 0 Å². The van der Waals surface area contributed by atoms with Crippen LogP contribution in [-0.4, -0.2) is 31.1 Å². The van der Waals surface area contributed by atoms with E-state index in [0.717, 1.165) is 36.1 Å². The number of benzene rings is 1. The summed E-state index contributed by atoms with van der Waals surface area (Å²) >= 11 is 3.43. The Morgan fingerprint density at radius 3 is 2.71 bits per heavy atom. The van der Waals surface area contributed by atoms with Gasteiger partial charge in [-0.05, 0) is 51.2 Å². The first kappa shape index (κ1) is 12.4. The van der Waals surface area contributed by atoms with Crippen LogP contribution in [0.1, 0.15) is 18.4 Å². The molecule has 1 N–H and O–H groups in total. The van der Waals surface area contributed by atoms with Crippen LogP contribution in [0.2, 0.25) is 0 Å². The molecule has 0 saturated carbocycles. The Bertz CT molecular complexity index is 431. The van der Waals surface area contributed by atoms with Crippen LogP contribution in [0.3, 0.4) is 0 Å². The predicted octanol–water partition coefficient (Wildman–Crippen LogP) is 2.83. The Hall–Kier alpha value is -1.05. The molecule has 0 atom stereocenters. The summed E-state index contributed by atoms with van der Waals surface area (Å²) in [5, 5.41) is 12.4. The molecule has 0 radical (unpaired) electrons. The predicted molar refractivity (Wildman–Crippen MR) is 73.0 cm³/mol. The van der Waals surface area contributed by atoms with Gasteiger partial charge in [0, 0.05) is 16.2 Å². The van der Waals surface area contributed by atoms with Gasteiger partial charge in [0.15, 0.2) is 0 Å². The lowest BCUT2D eigenvalue weighted by atomic mass is 10.0. The molecule has 1 aromatic carbocycles. The molecular weight excluding hydrogens is 278 g/mol. The van der Waals surface area contributed by atoms with Crippen molar-refractivity contribution in [3.63, 3.8) is 0 Å². The van der Waals surface area contributed by atoms with Crippen molar-refractivity contribution in [2.24, 2.45) is 0 Å². The van der Waals surface area contributed by atoms with Crippen molar-refractivity contribution in [1.29, 1.82) is 5.26 Å². The SMILES string of the molecule is CN1CCC(Nc2cc(Br)cc(C#N)c2)CC1. The summed E-state index contributed by atoms with van der Waals surface area (Å²) in [6, 6.07) is 8.46. The molecule has 1 aromatic rings. The monoisotopic (exact) mass is 293 g/mol. The molecule has 4 heteroatoms. The standard InChI is InChI=1S/C13H16BrN3/c1-17-4-2-12(3-5-17)16-13-7-10(9-15)6-11(14)8-13/h6-8,12,16H,2-5H2,1H3. The maximum Gasteiger partial charge on any atom is 0.0992 e. The van der Waals surface area contributed by atoms with Crippen molar-refractivity contribution >= 4 is 21.6 Å². The molecule has 1 aliphatic heterocycles. The van der Waals surface area contributed by atoms with Crippen molar-refractivity contribution in [2.75, 3.05) is 25.5 Å². The molecule has 90 valence electrons. The molecule has 17 heavy (non-hydrogen) atoms. The summed E-state index contributed by atoms with van der Waals surface area (Å²) in [5.74, 6) is 0. The molecule has 1 aliphatic rings. The fraction of sp³-hybridized carbons (Fsp3) is 0.462. The number of rotatable bonds is 2. The lowest BCUT2D eigenvalue weighted by molar-refractivity contribution is 0.264. The average Bonchev–Trinajstić information content (AvgIpc) is 2.31. The molecule has 1 heterocycles. The van der Waals surface area contributed by atoms with E-state index >= 15 is 0 Å². The van der Waals surface area contributed by atoms with E-state index in [1.807, 2.05) is 18.2 Å². The number of nitriles is 1. The van der Waals surface area contributed by atoms with Gasteiger partial charge in [0.2, 0.25) is 0 Å². The normalized spacial score (nSPS) is 17.7. The third-order valence-electron chi connectivity index (χ3n) is 3.12. The van der Waals surface area contributed by atoms with Crippen LogP contribution in [0.15, 0.2) is 22.7 Å². The Morgan fingerprint density at radius 2 is 2.06 bits per heavy atom. The summed E-state index contributed by atoms with van der Waals surface area (Å²) in [6.07, 6.45) is 2.32. The van der Waals surface area contributed by atoms with Gasteiger partial charge in [-0.15, -0.1) is 0 Å². The zero-order chi connectivity index (χ0) is 12.3. The highest BCUT2D eigenvalue weighted by atomic mass is 79.9. The summed E-state index contributed by atoms with van der Waals surface area (Å²) in [7, 11) is 2.16. The van der Waals surface area contributed by atoms with Crippen LogP contribution >= 0.6 is 15.9 Å². The first-order valence-corrected chi connectivity index (χ1v) is 6.62. The number of anilines is 1. The molecule has 3 nitrogen and oxygen atoms in total. The van der Waals surface area contributed by atoms with Gasteiger partial charge in [-0.1, -0.05) is 15.9 Å². The van der Waals surface area contributed by atoms with Crippen LogP contribution in [0, 0.1) is 11.3 Å². The first-order valence-electron chi connectivity index (χ1n) is 5.83. The smallest absolute Gasteiger partial charge is 0.0992 e. The van der Waals surface area contributed by atoms with Gasteiger partial charge in [-0.3, -0.25) is 0 Å². The molecule has 0 bridgehead atoms. The Balaban J connectivity index is 2.03. The second kappa shape index (κ2) is 5.52. The second-order valence-electron chi connectivity index (χ2n) is 4.56. The van der Waals surface area contributed by atoms with E-state index < -0.39 is 0 Å². The molecule has 0 aromatic heterocycles. The highest BCUT2D eigenvalue weighted by Crippen LogP contribution is 2.22. The topological polar surface area (TPSA) is 39.1 Å². The van der Waals surface area contributed by atoms with Crippen molar-refractivity contribution in [2.45, 2.75) is 18.9 Å². The number of piperidine rings is 1. The van der Waals surface area contributed by atoms with Gasteiger partial charge in [-0.2, -0.15) is 5.26 Å².